The number of hydrogen-bond acceptors (Lipinski definition) is 5. The van der Waals surface area contributed by atoms with Crippen LogP contribution in [-0.4, -0.2) is 34.6 Å². The van der Waals surface area contributed by atoms with Crippen molar-refractivity contribution in [2.45, 2.75) is 25.9 Å². The van der Waals surface area contributed by atoms with Gasteiger partial charge in [-0.25, -0.2) is 9.97 Å². The Morgan fingerprint density at radius 1 is 1.22 bits per heavy atom. The van der Waals surface area contributed by atoms with Crippen LogP contribution in [0.2, 0.25) is 5.02 Å². The average molecular weight is 332 g/mol. The second-order valence-electron chi connectivity index (χ2n) is 5.91. The van der Waals surface area contributed by atoms with Crippen LogP contribution in [0.15, 0.2) is 24.7 Å². The van der Waals surface area contributed by atoms with E-state index >= 15 is 0 Å². The predicted octanol–water partition coefficient (Wildman–Crippen LogP) is 2.85. The molecule has 0 bridgehead atoms. The minimum atomic E-state index is 0.624. The zero-order valence-corrected chi connectivity index (χ0v) is 13.6. The Bertz CT molecular complexity index is 723. The van der Waals surface area contributed by atoms with Gasteiger partial charge in [-0.2, -0.15) is 0 Å². The fourth-order valence-electron chi connectivity index (χ4n) is 3.07. The van der Waals surface area contributed by atoms with E-state index in [0.29, 0.717) is 24.0 Å². The van der Waals surface area contributed by atoms with Gasteiger partial charge in [-0.3, -0.25) is 4.90 Å². The monoisotopic (exact) mass is 331 g/mol. The van der Waals surface area contributed by atoms with Crippen LogP contribution in [0.5, 0.6) is 11.5 Å². The summed E-state index contributed by atoms with van der Waals surface area (Å²) >= 11 is 6.37. The Balaban J connectivity index is 1.54. The van der Waals surface area contributed by atoms with E-state index in [2.05, 4.69) is 14.9 Å². The zero-order chi connectivity index (χ0) is 15.6. The van der Waals surface area contributed by atoms with Gasteiger partial charge < -0.3 is 9.47 Å². The minimum absolute atomic E-state index is 0.624. The minimum Gasteiger partial charge on any atom is -0.489 e. The second kappa shape index (κ2) is 6.34. The molecule has 4 rings (SSSR count). The maximum absolute atomic E-state index is 6.37. The Morgan fingerprint density at radius 2 is 2.13 bits per heavy atom. The number of halogens is 1. The van der Waals surface area contributed by atoms with Crippen molar-refractivity contribution in [2.24, 2.45) is 0 Å². The SMILES string of the molecule is Clc1cc(CN2CCc3cncnc3C2)cc2c1OCCCO2. The van der Waals surface area contributed by atoms with Gasteiger partial charge >= 0.3 is 0 Å². The van der Waals surface area contributed by atoms with E-state index in [0.717, 1.165) is 49.5 Å². The van der Waals surface area contributed by atoms with Gasteiger partial charge in [0.25, 0.3) is 0 Å². The van der Waals surface area contributed by atoms with Gasteiger partial charge in [-0.1, -0.05) is 11.6 Å². The lowest BCUT2D eigenvalue weighted by atomic mass is 10.1. The lowest BCUT2D eigenvalue weighted by molar-refractivity contribution is 0.240. The lowest BCUT2D eigenvalue weighted by Crippen LogP contribution is -2.30. The Hall–Kier alpha value is -1.85. The molecule has 0 atom stereocenters. The number of aromatic nitrogens is 2. The standard InChI is InChI=1S/C17H18ClN3O2/c18-14-6-12(7-16-17(14)23-5-1-4-22-16)9-21-3-2-13-8-19-11-20-15(13)10-21/h6-8,11H,1-5,9-10H2. The predicted molar refractivity (Wildman–Crippen MR) is 86.9 cm³/mol. The number of benzene rings is 1. The molecule has 0 fully saturated rings. The lowest BCUT2D eigenvalue weighted by Gasteiger charge is -2.27. The topological polar surface area (TPSA) is 47.5 Å². The maximum Gasteiger partial charge on any atom is 0.179 e. The van der Waals surface area contributed by atoms with Crippen molar-refractivity contribution >= 4 is 11.6 Å². The first-order valence-electron chi connectivity index (χ1n) is 7.88. The van der Waals surface area contributed by atoms with Crippen LogP contribution in [0, 0.1) is 0 Å². The highest BCUT2D eigenvalue weighted by atomic mass is 35.5. The summed E-state index contributed by atoms with van der Waals surface area (Å²) in [5.74, 6) is 1.43. The van der Waals surface area contributed by atoms with Crippen LogP contribution in [0.1, 0.15) is 23.2 Å². The van der Waals surface area contributed by atoms with Crippen LogP contribution in [-0.2, 0) is 19.5 Å². The van der Waals surface area contributed by atoms with E-state index in [4.69, 9.17) is 21.1 Å². The normalized spacial score (nSPS) is 17.4. The summed E-state index contributed by atoms with van der Waals surface area (Å²) in [4.78, 5) is 10.9. The van der Waals surface area contributed by atoms with E-state index in [1.165, 1.54) is 5.56 Å². The molecule has 1 aromatic carbocycles. The summed E-state index contributed by atoms with van der Waals surface area (Å²) in [5, 5.41) is 0.624. The molecule has 120 valence electrons. The number of rotatable bonds is 2. The molecule has 1 aromatic heterocycles. The van der Waals surface area contributed by atoms with Crippen molar-refractivity contribution in [1.82, 2.24) is 14.9 Å². The fourth-order valence-corrected chi connectivity index (χ4v) is 3.36. The quantitative estimate of drug-likeness (QED) is 0.847. The highest BCUT2D eigenvalue weighted by Crippen LogP contribution is 2.38. The molecule has 6 heteroatoms. The molecule has 3 heterocycles. The summed E-state index contributed by atoms with van der Waals surface area (Å²) in [5.41, 5.74) is 3.50. The number of hydrogen-bond donors (Lipinski definition) is 0. The summed E-state index contributed by atoms with van der Waals surface area (Å²) < 4.78 is 11.4. The van der Waals surface area contributed by atoms with Crippen LogP contribution in [0.4, 0.5) is 0 Å². The molecule has 0 N–H and O–H groups in total. The van der Waals surface area contributed by atoms with Crippen LogP contribution in [0.25, 0.3) is 0 Å². The highest BCUT2D eigenvalue weighted by Gasteiger charge is 2.20. The maximum atomic E-state index is 6.37. The fraction of sp³-hybridized carbons (Fsp3) is 0.412. The van der Waals surface area contributed by atoms with Crippen molar-refractivity contribution in [3.05, 3.63) is 46.5 Å². The van der Waals surface area contributed by atoms with Crippen molar-refractivity contribution in [3.63, 3.8) is 0 Å². The van der Waals surface area contributed by atoms with Gasteiger partial charge in [0.2, 0.25) is 0 Å². The summed E-state index contributed by atoms with van der Waals surface area (Å²) in [6.07, 6.45) is 5.40. The van der Waals surface area contributed by atoms with Crippen LogP contribution >= 0.6 is 11.6 Å². The molecule has 2 aromatic rings. The van der Waals surface area contributed by atoms with Crippen LogP contribution in [0.3, 0.4) is 0 Å². The van der Waals surface area contributed by atoms with E-state index in [1.807, 2.05) is 18.3 Å². The van der Waals surface area contributed by atoms with E-state index in [9.17, 15) is 0 Å². The number of fused-ring (bicyclic) bond motifs is 2. The molecule has 23 heavy (non-hydrogen) atoms. The first-order valence-corrected chi connectivity index (χ1v) is 8.25. The first kappa shape index (κ1) is 14.7. The van der Waals surface area contributed by atoms with Gasteiger partial charge in [0.15, 0.2) is 11.5 Å². The molecule has 0 saturated heterocycles. The Morgan fingerprint density at radius 3 is 3.09 bits per heavy atom. The summed E-state index contributed by atoms with van der Waals surface area (Å²) in [7, 11) is 0. The molecular formula is C17H18ClN3O2. The van der Waals surface area contributed by atoms with E-state index in [1.54, 1.807) is 6.33 Å². The molecule has 2 aliphatic heterocycles. The van der Waals surface area contributed by atoms with Crippen molar-refractivity contribution in [1.29, 1.82) is 0 Å². The molecule has 0 aliphatic carbocycles. The second-order valence-corrected chi connectivity index (χ2v) is 6.32. The van der Waals surface area contributed by atoms with Crippen LogP contribution < -0.4 is 9.47 Å². The average Bonchev–Trinajstić information content (AvgIpc) is 2.80. The van der Waals surface area contributed by atoms with Gasteiger partial charge in [0, 0.05) is 32.3 Å². The van der Waals surface area contributed by atoms with Gasteiger partial charge in [-0.15, -0.1) is 0 Å². The van der Waals surface area contributed by atoms with Crippen molar-refractivity contribution < 1.29 is 9.47 Å². The Kier molecular flexibility index (Phi) is 4.06. The molecule has 2 aliphatic rings. The van der Waals surface area contributed by atoms with Gasteiger partial charge in [0.05, 0.1) is 23.9 Å². The molecule has 0 spiro atoms. The molecule has 0 saturated carbocycles. The third-order valence-electron chi connectivity index (χ3n) is 4.22. The molecular weight excluding hydrogens is 314 g/mol. The Labute approximate surface area is 140 Å². The molecule has 5 nitrogen and oxygen atoms in total. The third-order valence-corrected chi connectivity index (χ3v) is 4.50. The van der Waals surface area contributed by atoms with Gasteiger partial charge in [0.1, 0.15) is 6.33 Å². The zero-order valence-electron chi connectivity index (χ0n) is 12.8. The van der Waals surface area contributed by atoms with Crippen molar-refractivity contribution in [3.8, 4) is 11.5 Å². The molecule has 0 unspecified atom stereocenters. The molecule has 0 radical (unpaired) electrons. The number of nitrogens with zero attached hydrogens (tertiary/aromatic N) is 3. The first-order chi connectivity index (χ1) is 11.3. The highest BCUT2D eigenvalue weighted by molar-refractivity contribution is 6.32. The van der Waals surface area contributed by atoms with Gasteiger partial charge in [-0.05, 0) is 29.7 Å². The summed E-state index contributed by atoms with van der Waals surface area (Å²) in [6, 6.07) is 4.02. The molecule has 0 amide bonds. The van der Waals surface area contributed by atoms with E-state index in [-0.39, 0.29) is 0 Å². The largest absolute Gasteiger partial charge is 0.489 e. The van der Waals surface area contributed by atoms with Crippen molar-refractivity contribution in [2.75, 3.05) is 19.8 Å². The number of ether oxygens (including phenoxy) is 2. The smallest absolute Gasteiger partial charge is 0.179 e. The third kappa shape index (κ3) is 3.12. The summed E-state index contributed by atoms with van der Waals surface area (Å²) in [6.45, 7) is 3.96. The van der Waals surface area contributed by atoms with E-state index < -0.39 is 0 Å².